The van der Waals surface area contributed by atoms with E-state index in [1.807, 2.05) is 18.2 Å². The first-order chi connectivity index (χ1) is 14.0. The van der Waals surface area contributed by atoms with Gasteiger partial charge < -0.3 is 20.1 Å². The van der Waals surface area contributed by atoms with Crippen molar-refractivity contribution in [3.63, 3.8) is 0 Å². The second kappa shape index (κ2) is 9.68. The highest BCUT2D eigenvalue weighted by Gasteiger charge is 2.13. The van der Waals surface area contributed by atoms with E-state index in [0.717, 1.165) is 19.3 Å². The number of amides is 2. The van der Waals surface area contributed by atoms with Gasteiger partial charge in [-0.2, -0.15) is 0 Å². The largest absolute Gasteiger partial charge is 0.482 e. The maximum absolute atomic E-state index is 12.8. The summed E-state index contributed by atoms with van der Waals surface area (Å²) >= 11 is 0. The summed E-state index contributed by atoms with van der Waals surface area (Å²) < 4.78 is 23.0. The molecule has 0 unspecified atom stereocenters. The molecule has 8 heteroatoms. The number of halogens is 1. The summed E-state index contributed by atoms with van der Waals surface area (Å²) in [6.07, 6.45) is 3.19. The van der Waals surface area contributed by atoms with E-state index in [9.17, 15) is 18.8 Å². The van der Waals surface area contributed by atoms with Gasteiger partial charge in [0, 0.05) is 5.69 Å². The van der Waals surface area contributed by atoms with Gasteiger partial charge in [0.15, 0.2) is 13.2 Å². The number of ether oxygens (including phenoxy) is 2. The van der Waals surface area contributed by atoms with Gasteiger partial charge in [0.05, 0.1) is 6.54 Å². The van der Waals surface area contributed by atoms with E-state index in [4.69, 9.17) is 9.47 Å². The molecule has 0 aromatic heterocycles. The molecular weight excluding hydrogens is 379 g/mol. The fourth-order valence-corrected chi connectivity index (χ4v) is 2.94. The van der Waals surface area contributed by atoms with Crippen LogP contribution in [0.3, 0.4) is 0 Å². The quantitative estimate of drug-likeness (QED) is 0.661. The standard InChI is InChI=1S/C21H21FN2O5/c22-16-5-7-17(8-6-16)24-19(25)11-23-20(26)12-29-21(27)13-28-18-9-4-14-2-1-3-15(14)10-18/h4-10H,1-3,11-13H2,(H,23,26)(H,24,25). The van der Waals surface area contributed by atoms with Crippen molar-refractivity contribution in [3.05, 3.63) is 59.4 Å². The lowest BCUT2D eigenvalue weighted by molar-refractivity contribution is -0.150. The number of anilines is 1. The molecule has 29 heavy (non-hydrogen) atoms. The van der Waals surface area contributed by atoms with Gasteiger partial charge in [-0.3, -0.25) is 9.59 Å². The van der Waals surface area contributed by atoms with E-state index in [1.165, 1.54) is 35.4 Å². The number of rotatable bonds is 8. The number of hydrogen-bond donors (Lipinski definition) is 2. The number of carbonyl (C=O) groups is 3. The van der Waals surface area contributed by atoms with Crippen molar-refractivity contribution >= 4 is 23.5 Å². The van der Waals surface area contributed by atoms with Gasteiger partial charge in [0.1, 0.15) is 11.6 Å². The Morgan fingerprint density at radius 2 is 1.69 bits per heavy atom. The predicted octanol–water partition coefficient (Wildman–Crippen LogP) is 1.99. The Labute approximate surface area is 167 Å². The van der Waals surface area contributed by atoms with Crippen molar-refractivity contribution in [3.8, 4) is 5.75 Å². The number of aryl methyl sites for hydroxylation is 2. The van der Waals surface area contributed by atoms with Crippen molar-refractivity contribution in [2.24, 2.45) is 0 Å². The van der Waals surface area contributed by atoms with Crippen LogP contribution in [-0.2, 0) is 32.0 Å². The van der Waals surface area contributed by atoms with Crippen molar-refractivity contribution in [1.29, 1.82) is 0 Å². The summed E-state index contributed by atoms with van der Waals surface area (Å²) in [5.41, 5.74) is 2.94. The zero-order valence-electron chi connectivity index (χ0n) is 15.7. The summed E-state index contributed by atoms with van der Waals surface area (Å²) in [7, 11) is 0. The van der Waals surface area contributed by atoms with Crippen LogP contribution in [0.1, 0.15) is 17.5 Å². The Morgan fingerprint density at radius 3 is 2.48 bits per heavy atom. The topological polar surface area (TPSA) is 93.7 Å². The Morgan fingerprint density at radius 1 is 0.931 bits per heavy atom. The first-order valence-corrected chi connectivity index (χ1v) is 9.22. The van der Waals surface area contributed by atoms with E-state index in [2.05, 4.69) is 10.6 Å². The van der Waals surface area contributed by atoms with Crippen molar-refractivity contribution in [2.45, 2.75) is 19.3 Å². The summed E-state index contributed by atoms with van der Waals surface area (Å²) in [6.45, 7) is -1.13. The van der Waals surface area contributed by atoms with Crippen LogP contribution in [0.5, 0.6) is 5.75 Å². The average molecular weight is 400 g/mol. The fraction of sp³-hybridized carbons (Fsp3) is 0.286. The number of nitrogens with one attached hydrogen (secondary N) is 2. The number of benzene rings is 2. The molecule has 2 N–H and O–H groups in total. The molecule has 3 rings (SSSR count). The third-order valence-corrected chi connectivity index (χ3v) is 4.36. The highest BCUT2D eigenvalue weighted by molar-refractivity contribution is 5.94. The first-order valence-electron chi connectivity index (χ1n) is 9.22. The molecule has 2 aromatic rings. The molecule has 1 aliphatic carbocycles. The molecule has 152 valence electrons. The van der Waals surface area contributed by atoms with Gasteiger partial charge in [-0.25, -0.2) is 9.18 Å². The lowest BCUT2D eigenvalue weighted by Gasteiger charge is -2.09. The normalized spacial score (nSPS) is 12.0. The molecule has 0 heterocycles. The Hall–Kier alpha value is -3.42. The minimum Gasteiger partial charge on any atom is -0.482 e. The second-order valence-electron chi connectivity index (χ2n) is 6.57. The third kappa shape index (κ3) is 6.31. The van der Waals surface area contributed by atoms with Gasteiger partial charge in [-0.05, 0) is 66.8 Å². The fourth-order valence-electron chi connectivity index (χ4n) is 2.94. The molecule has 2 aromatic carbocycles. The Bertz CT molecular complexity index is 898. The summed E-state index contributed by atoms with van der Waals surface area (Å²) in [5.74, 6) is -1.62. The second-order valence-corrected chi connectivity index (χ2v) is 6.57. The molecular formula is C21H21FN2O5. The van der Waals surface area contributed by atoms with Crippen LogP contribution in [-0.4, -0.2) is 37.5 Å². The van der Waals surface area contributed by atoms with Crippen LogP contribution in [0.25, 0.3) is 0 Å². The van der Waals surface area contributed by atoms with Crippen LogP contribution in [0.2, 0.25) is 0 Å². The zero-order valence-corrected chi connectivity index (χ0v) is 15.7. The van der Waals surface area contributed by atoms with Crippen LogP contribution < -0.4 is 15.4 Å². The molecule has 2 amide bonds. The van der Waals surface area contributed by atoms with Crippen LogP contribution in [0.4, 0.5) is 10.1 Å². The predicted molar refractivity (Wildman–Crippen MR) is 103 cm³/mol. The van der Waals surface area contributed by atoms with E-state index >= 15 is 0 Å². The van der Waals surface area contributed by atoms with Crippen LogP contribution in [0, 0.1) is 5.82 Å². The molecule has 0 fully saturated rings. The summed E-state index contributed by atoms with van der Waals surface area (Å²) in [4.78, 5) is 35.1. The first kappa shape index (κ1) is 20.3. The molecule has 0 spiro atoms. The molecule has 0 saturated heterocycles. The molecule has 1 aliphatic rings. The van der Waals surface area contributed by atoms with Crippen molar-refractivity contribution in [1.82, 2.24) is 5.32 Å². The Kier molecular flexibility index (Phi) is 6.78. The highest BCUT2D eigenvalue weighted by atomic mass is 19.1. The van der Waals surface area contributed by atoms with Crippen molar-refractivity contribution in [2.75, 3.05) is 25.1 Å². The lowest BCUT2D eigenvalue weighted by Crippen LogP contribution is -2.36. The lowest BCUT2D eigenvalue weighted by atomic mass is 10.1. The third-order valence-electron chi connectivity index (χ3n) is 4.36. The van der Waals surface area contributed by atoms with Crippen molar-refractivity contribution < 1.29 is 28.2 Å². The minimum absolute atomic E-state index is 0.306. The highest BCUT2D eigenvalue weighted by Crippen LogP contribution is 2.25. The van der Waals surface area contributed by atoms with Gasteiger partial charge in [0.25, 0.3) is 5.91 Å². The summed E-state index contributed by atoms with van der Waals surface area (Å²) in [5, 5.41) is 4.83. The van der Waals surface area contributed by atoms with Gasteiger partial charge in [0.2, 0.25) is 5.91 Å². The minimum atomic E-state index is -0.684. The number of fused-ring (bicyclic) bond motifs is 1. The van der Waals surface area contributed by atoms with E-state index < -0.39 is 30.2 Å². The monoisotopic (exact) mass is 400 g/mol. The number of hydrogen-bond acceptors (Lipinski definition) is 5. The Balaban J connectivity index is 1.32. The van der Waals surface area contributed by atoms with Gasteiger partial charge in [-0.15, -0.1) is 0 Å². The molecule has 0 aliphatic heterocycles. The number of carbonyl (C=O) groups excluding carboxylic acids is 3. The smallest absolute Gasteiger partial charge is 0.344 e. The van der Waals surface area contributed by atoms with Crippen LogP contribution in [0.15, 0.2) is 42.5 Å². The average Bonchev–Trinajstić information content (AvgIpc) is 3.18. The zero-order chi connectivity index (χ0) is 20.6. The maximum Gasteiger partial charge on any atom is 0.344 e. The van der Waals surface area contributed by atoms with E-state index in [-0.39, 0.29) is 13.2 Å². The summed E-state index contributed by atoms with van der Waals surface area (Å²) in [6, 6.07) is 10.9. The van der Waals surface area contributed by atoms with Gasteiger partial charge in [-0.1, -0.05) is 6.07 Å². The molecule has 0 radical (unpaired) electrons. The molecule has 0 atom stereocenters. The van der Waals surface area contributed by atoms with E-state index in [0.29, 0.717) is 11.4 Å². The van der Waals surface area contributed by atoms with E-state index in [1.54, 1.807) is 0 Å². The van der Waals surface area contributed by atoms with Gasteiger partial charge >= 0.3 is 5.97 Å². The molecule has 7 nitrogen and oxygen atoms in total. The number of esters is 1. The molecule has 0 saturated carbocycles. The maximum atomic E-state index is 12.8. The molecule has 0 bridgehead atoms. The SMILES string of the molecule is O=C(COC(=O)COc1ccc2c(c1)CCC2)NCC(=O)Nc1ccc(F)cc1. The van der Waals surface area contributed by atoms with Crippen LogP contribution >= 0.6 is 0 Å².